The highest BCUT2D eigenvalue weighted by molar-refractivity contribution is 6.34. The van der Waals surface area contributed by atoms with Crippen molar-refractivity contribution in [1.29, 1.82) is 0 Å². The lowest BCUT2D eigenvalue weighted by Crippen LogP contribution is -2.30. The average molecular weight is 346 g/mol. The van der Waals surface area contributed by atoms with Gasteiger partial charge in [0.2, 0.25) is 0 Å². The number of aromatic nitrogens is 2. The van der Waals surface area contributed by atoms with Crippen LogP contribution in [0, 0.1) is 0 Å². The molecule has 7 nitrogen and oxygen atoms in total. The Morgan fingerprint density at radius 3 is 3.12 bits per heavy atom. The number of halogens is 1. The molecule has 1 atom stereocenters. The average Bonchev–Trinajstić information content (AvgIpc) is 3.18. The second-order valence-corrected chi connectivity index (χ2v) is 6.41. The number of fused-ring (bicyclic) bond motifs is 5. The van der Waals surface area contributed by atoms with E-state index in [1.807, 2.05) is 21.6 Å². The summed E-state index contributed by atoms with van der Waals surface area (Å²) in [7, 11) is 0. The highest BCUT2D eigenvalue weighted by atomic mass is 35.5. The number of hydrogen-bond acceptors (Lipinski definition) is 4. The van der Waals surface area contributed by atoms with Crippen LogP contribution in [0.25, 0.3) is 5.69 Å². The molecule has 0 radical (unpaired) electrons. The molecule has 3 heterocycles. The highest BCUT2D eigenvalue weighted by Crippen LogP contribution is 2.41. The van der Waals surface area contributed by atoms with Crippen molar-refractivity contribution in [2.75, 3.05) is 6.54 Å². The first-order chi connectivity index (χ1) is 11.6. The number of oxime groups is 1. The third kappa shape index (κ3) is 2.08. The Bertz CT molecular complexity index is 860. The summed E-state index contributed by atoms with van der Waals surface area (Å²) >= 11 is 6.33. The van der Waals surface area contributed by atoms with Crippen molar-refractivity contribution >= 4 is 23.3 Å². The number of carbonyl (C=O) groups excluding carboxylic acids is 1. The summed E-state index contributed by atoms with van der Waals surface area (Å²) in [4.78, 5) is 19.3. The molecule has 3 N–H and O–H groups in total. The van der Waals surface area contributed by atoms with E-state index in [0.29, 0.717) is 22.8 Å². The van der Waals surface area contributed by atoms with E-state index in [1.54, 1.807) is 12.4 Å². The van der Waals surface area contributed by atoms with Crippen LogP contribution in [0.15, 0.2) is 29.7 Å². The van der Waals surface area contributed by atoms with Crippen LogP contribution in [-0.4, -0.2) is 37.9 Å². The number of benzene rings is 1. The smallest absolute Gasteiger partial charge is 0.258 e. The summed E-state index contributed by atoms with van der Waals surface area (Å²) in [6.07, 6.45) is 3.68. The summed E-state index contributed by atoms with van der Waals surface area (Å²) in [6, 6.07) is 5.32. The van der Waals surface area contributed by atoms with Gasteiger partial charge in [0.1, 0.15) is 5.84 Å². The van der Waals surface area contributed by atoms with Gasteiger partial charge < -0.3 is 15.8 Å². The van der Waals surface area contributed by atoms with Gasteiger partial charge in [-0.1, -0.05) is 22.8 Å². The summed E-state index contributed by atoms with van der Waals surface area (Å²) in [5, 5.41) is 12.3. The Kier molecular flexibility index (Phi) is 3.45. The molecule has 8 heteroatoms. The second-order valence-electron chi connectivity index (χ2n) is 6.01. The number of amidine groups is 1. The minimum atomic E-state index is -0.0787. The maximum Gasteiger partial charge on any atom is 0.258 e. The molecule has 1 saturated heterocycles. The second kappa shape index (κ2) is 5.52. The predicted molar refractivity (Wildman–Crippen MR) is 88.7 cm³/mol. The summed E-state index contributed by atoms with van der Waals surface area (Å²) < 4.78 is 1.91. The Balaban J connectivity index is 1.97. The lowest BCUT2D eigenvalue weighted by molar-refractivity contribution is 0.0738. The van der Waals surface area contributed by atoms with Crippen LogP contribution >= 0.6 is 11.6 Å². The Labute approximate surface area is 143 Å². The van der Waals surface area contributed by atoms with Crippen LogP contribution in [0.1, 0.15) is 40.6 Å². The van der Waals surface area contributed by atoms with E-state index in [0.717, 1.165) is 24.2 Å². The van der Waals surface area contributed by atoms with E-state index in [4.69, 9.17) is 22.5 Å². The molecular formula is C16H16ClN5O2. The van der Waals surface area contributed by atoms with E-state index in [9.17, 15) is 4.79 Å². The first kappa shape index (κ1) is 15.0. The molecule has 2 aliphatic rings. The minimum Gasteiger partial charge on any atom is -0.409 e. The Morgan fingerprint density at radius 2 is 2.33 bits per heavy atom. The fourth-order valence-corrected chi connectivity index (χ4v) is 3.90. The number of carbonyl (C=O) groups is 1. The van der Waals surface area contributed by atoms with Crippen molar-refractivity contribution in [2.24, 2.45) is 10.9 Å². The third-order valence-corrected chi connectivity index (χ3v) is 4.97. The molecule has 2 aliphatic heterocycles. The van der Waals surface area contributed by atoms with Crippen molar-refractivity contribution in [2.45, 2.75) is 25.3 Å². The minimum absolute atomic E-state index is 0.0588. The van der Waals surface area contributed by atoms with Crippen LogP contribution in [0.4, 0.5) is 0 Å². The molecule has 0 bridgehead atoms. The summed E-state index contributed by atoms with van der Waals surface area (Å²) in [5.74, 6) is 0.0273. The molecule has 0 saturated carbocycles. The predicted octanol–water partition coefficient (Wildman–Crippen LogP) is 2.11. The lowest BCUT2D eigenvalue weighted by atomic mass is 10.1. The van der Waals surface area contributed by atoms with E-state index < -0.39 is 0 Å². The van der Waals surface area contributed by atoms with Gasteiger partial charge in [-0.2, -0.15) is 0 Å². The van der Waals surface area contributed by atoms with Crippen molar-refractivity contribution in [3.63, 3.8) is 0 Å². The fourth-order valence-electron chi connectivity index (χ4n) is 3.65. The molecule has 24 heavy (non-hydrogen) atoms. The molecule has 0 spiro atoms. The largest absolute Gasteiger partial charge is 0.409 e. The standard InChI is InChI=1S/C16H16ClN5O2/c17-9-3-1-4-11-14(9)16(23)21-6-2-5-12(21)15-10(7-13(18)20-24)19-8-22(11)15/h1,3-4,8,12,24H,2,5-7H2,(H2,18,20)/t12-/m0/s1. The van der Waals surface area contributed by atoms with Crippen LogP contribution in [0.2, 0.25) is 5.02 Å². The van der Waals surface area contributed by atoms with Crippen LogP contribution in [-0.2, 0) is 6.42 Å². The molecule has 0 aliphatic carbocycles. The fraction of sp³-hybridized carbons (Fsp3) is 0.312. The molecule has 2 aromatic rings. The Morgan fingerprint density at radius 1 is 1.50 bits per heavy atom. The molecular weight excluding hydrogens is 330 g/mol. The van der Waals surface area contributed by atoms with Gasteiger partial charge in [-0.3, -0.25) is 9.36 Å². The van der Waals surface area contributed by atoms with Gasteiger partial charge in [0.25, 0.3) is 5.91 Å². The number of imidazole rings is 1. The summed E-state index contributed by atoms with van der Waals surface area (Å²) in [5.41, 5.74) is 8.51. The van der Waals surface area contributed by atoms with Crippen molar-refractivity contribution in [1.82, 2.24) is 14.5 Å². The number of amides is 1. The number of rotatable bonds is 2. The SMILES string of the molecule is NC(Cc1ncn2c1[C@@H]1CCCN1C(=O)c1c(Cl)cccc1-2)=NO. The summed E-state index contributed by atoms with van der Waals surface area (Å²) in [6.45, 7) is 0.683. The van der Waals surface area contributed by atoms with Gasteiger partial charge in [-0.15, -0.1) is 0 Å². The van der Waals surface area contributed by atoms with Gasteiger partial charge in [0.05, 0.1) is 46.5 Å². The van der Waals surface area contributed by atoms with Gasteiger partial charge in [-0.25, -0.2) is 4.98 Å². The zero-order chi connectivity index (χ0) is 16.8. The molecule has 1 amide bonds. The first-order valence-corrected chi connectivity index (χ1v) is 8.12. The molecule has 0 unspecified atom stereocenters. The van der Waals surface area contributed by atoms with Gasteiger partial charge >= 0.3 is 0 Å². The maximum absolute atomic E-state index is 13.0. The molecule has 1 aromatic heterocycles. The van der Waals surface area contributed by atoms with E-state index in [2.05, 4.69) is 10.1 Å². The topological polar surface area (TPSA) is 96.7 Å². The third-order valence-electron chi connectivity index (χ3n) is 4.66. The molecule has 1 fully saturated rings. The quantitative estimate of drug-likeness (QED) is 0.377. The van der Waals surface area contributed by atoms with Crippen molar-refractivity contribution < 1.29 is 10.0 Å². The van der Waals surface area contributed by atoms with Gasteiger partial charge in [0.15, 0.2) is 0 Å². The van der Waals surface area contributed by atoms with E-state index in [-0.39, 0.29) is 24.2 Å². The van der Waals surface area contributed by atoms with Crippen LogP contribution < -0.4 is 5.73 Å². The zero-order valence-corrected chi connectivity index (χ0v) is 13.6. The first-order valence-electron chi connectivity index (χ1n) is 7.74. The monoisotopic (exact) mass is 345 g/mol. The molecule has 124 valence electrons. The molecule has 1 aromatic carbocycles. The van der Waals surface area contributed by atoms with Gasteiger partial charge in [-0.05, 0) is 25.0 Å². The maximum atomic E-state index is 13.0. The van der Waals surface area contributed by atoms with Crippen molar-refractivity contribution in [3.8, 4) is 5.69 Å². The van der Waals surface area contributed by atoms with Gasteiger partial charge in [0, 0.05) is 6.54 Å². The number of hydrogen-bond donors (Lipinski definition) is 2. The zero-order valence-electron chi connectivity index (χ0n) is 12.8. The van der Waals surface area contributed by atoms with Crippen LogP contribution in [0.3, 0.4) is 0 Å². The Hall–Kier alpha value is -2.54. The van der Waals surface area contributed by atoms with E-state index >= 15 is 0 Å². The lowest BCUT2D eigenvalue weighted by Gasteiger charge is -2.23. The van der Waals surface area contributed by atoms with E-state index in [1.165, 1.54) is 0 Å². The number of nitrogens with two attached hydrogens (primary N) is 1. The highest BCUT2D eigenvalue weighted by Gasteiger charge is 2.39. The normalized spacial score (nSPS) is 19.7. The van der Waals surface area contributed by atoms with Crippen molar-refractivity contribution in [3.05, 3.63) is 46.5 Å². The number of nitrogens with zero attached hydrogens (tertiary/aromatic N) is 4. The van der Waals surface area contributed by atoms with Crippen LogP contribution in [0.5, 0.6) is 0 Å². The molecule has 4 rings (SSSR count).